The molecule has 0 saturated carbocycles. The first-order valence-corrected chi connectivity index (χ1v) is 7.34. The zero-order chi connectivity index (χ0) is 13.5. The van der Waals surface area contributed by atoms with Crippen molar-refractivity contribution in [3.8, 4) is 0 Å². The van der Waals surface area contributed by atoms with Gasteiger partial charge in [0.2, 0.25) is 5.91 Å². The van der Waals surface area contributed by atoms with Crippen LogP contribution in [0, 0.1) is 5.92 Å². The van der Waals surface area contributed by atoms with Gasteiger partial charge in [-0.25, -0.2) is 0 Å². The molecule has 1 aliphatic rings. The molecule has 1 atom stereocenters. The zero-order valence-electron chi connectivity index (χ0n) is 12.2. The fourth-order valence-electron chi connectivity index (χ4n) is 2.73. The van der Waals surface area contributed by atoms with Gasteiger partial charge >= 0.3 is 0 Å². The van der Waals surface area contributed by atoms with E-state index < -0.39 is 0 Å². The van der Waals surface area contributed by atoms with Crippen molar-refractivity contribution < 1.29 is 4.79 Å². The van der Waals surface area contributed by atoms with Crippen molar-refractivity contribution in [3.63, 3.8) is 0 Å². The lowest BCUT2D eigenvalue weighted by atomic mass is 10.0. The molecule has 0 aliphatic carbocycles. The smallest absolute Gasteiger partial charge is 0.222 e. The van der Waals surface area contributed by atoms with Gasteiger partial charge in [0.05, 0.1) is 0 Å². The molecule has 1 unspecified atom stereocenters. The van der Waals surface area contributed by atoms with E-state index in [9.17, 15) is 4.79 Å². The summed E-state index contributed by atoms with van der Waals surface area (Å²) in [4.78, 5) is 16.6. The summed E-state index contributed by atoms with van der Waals surface area (Å²) >= 11 is 0. The summed E-state index contributed by atoms with van der Waals surface area (Å²) in [5.41, 5.74) is 5.57. The summed E-state index contributed by atoms with van der Waals surface area (Å²) in [6, 6.07) is 0.663. The van der Waals surface area contributed by atoms with Crippen molar-refractivity contribution in [1.82, 2.24) is 9.80 Å². The fourth-order valence-corrected chi connectivity index (χ4v) is 2.73. The number of hydrogen-bond donors (Lipinski definition) is 1. The Morgan fingerprint density at radius 3 is 2.33 bits per heavy atom. The number of carbonyl (C=O) groups excluding carboxylic acids is 1. The molecule has 0 aromatic rings. The van der Waals surface area contributed by atoms with Crippen molar-refractivity contribution in [2.45, 2.75) is 46.1 Å². The molecule has 4 heteroatoms. The number of likely N-dealkylation sites (tertiary alicyclic amines) is 1. The van der Waals surface area contributed by atoms with Gasteiger partial charge in [-0.1, -0.05) is 20.8 Å². The minimum atomic E-state index is 0.283. The fraction of sp³-hybridized carbons (Fsp3) is 0.929. The molecule has 0 aromatic heterocycles. The quantitative estimate of drug-likeness (QED) is 0.778. The van der Waals surface area contributed by atoms with Gasteiger partial charge < -0.3 is 15.5 Å². The first-order chi connectivity index (χ1) is 8.62. The maximum Gasteiger partial charge on any atom is 0.222 e. The van der Waals surface area contributed by atoms with Crippen LogP contribution in [0.1, 0.15) is 40.0 Å². The molecular weight excluding hydrogens is 226 g/mol. The van der Waals surface area contributed by atoms with Gasteiger partial charge in [-0.15, -0.1) is 0 Å². The molecule has 1 rings (SSSR count). The second kappa shape index (κ2) is 7.74. The Morgan fingerprint density at radius 1 is 1.33 bits per heavy atom. The summed E-state index contributed by atoms with van der Waals surface area (Å²) < 4.78 is 0. The van der Waals surface area contributed by atoms with Crippen LogP contribution in [0.3, 0.4) is 0 Å². The van der Waals surface area contributed by atoms with Gasteiger partial charge in [-0.3, -0.25) is 4.79 Å². The van der Waals surface area contributed by atoms with Gasteiger partial charge in [0.15, 0.2) is 0 Å². The molecule has 1 amide bonds. The summed E-state index contributed by atoms with van der Waals surface area (Å²) in [7, 11) is 0. The largest absolute Gasteiger partial charge is 0.343 e. The standard InChI is InChI=1S/C14H29N3O/c1-4-16(5-2)13-6-8-17(9-7-13)14(18)10-12(3)11-15/h12-13H,4-11,15H2,1-3H3. The molecule has 0 bridgehead atoms. The molecule has 106 valence electrons. The highest BCUT2D eigenvalue weighted by atomic mass is 16.2. The van der Waals surface area contributed by atoms with E-state index in [1.807, 2.05) is 11.8 Å². The molecule has 1 saturated heterocycles. The number of nitrogens with two attached hydrogens (primary N) is 1. The molecule has 1 aliphatic heterocycles. The lowest BCUT2D eigenvalue weighted by Crippen LogP contribution is -2.47. The first-order valence-electron chi connectivity index (χ1n) is 7.34. The Labute approximate surface area is 111 Å². The molecule has 18 heavy (non-hydrogen) atoms. The van der Waals surface area contributed by atoms with Crippen molar-refractivity contribution in [2.24, 2.45) is 11.7 Å². The minimum Gasteiger partial charge on any atom is -0.343 e. The predicted octanol–water partition coefficient (Wildman–Crippen LogP) is 1.30. The number of nitrogens with zero attached hydrogens (tertiary/aromatic N) is 2. The van der Waals surface area contributed by atoms with Crippen LogP contribution in [0.4, 0.5) is 0 Å². The van der Waals surface area contributed by atoms with Gasteiger partial charge in [-0.2, -0.15) is 0 Å². The first kappa shape index (κ1) is 15.4. The number of rotatable bonds is 6. The van der Waals surface area contributed by atoms with Crippen molar-refractivity contribution >= 4 is 5.91 Å². The summed E-state index contributed by atoms with van der Waals surface area (Å²) in [6.45, 7) is 11.1. The molecule has 0 radical (unpaired) electrons. The molecule has 4 nitrogen and oxygen atoms in total. The van der Waals surface area contributed by atoms with Crippen LogP contribution in [-0.4, -0.2) is 54.5 Å². The average Bonchev–Trinajstić information content (AvgIpc) is 2.40. The lowest BCUT2D eigenvalue weighted by Gasteiger charge is -2.38. The van der Waals surface area contributed by atoms with Crippen LogP contribution in [0.25, 0.3) is 0 Å². The molecular formula is C14H29N3O. The predicted molar refractivity (Wildman–Crippen MR) is 75.4 cm³/mol. The maximum absolute atomic E-state index is 12.0. The number of piperidine rings is 1. The molecule has 0 aromatic carbocycles. The van der Waals surface area contributed by atoms with Crippen molar-refractivity contribution in [3.05, 3.63) is 0 Å². The summed E-state index contributed by atoms with van der Waals surface area (Å²) in [5, 5.41) is 0. The summed E-state index contributed by atoms with van der Waals surface area (Å²) in [6.07, 6.45) is 2.83. The van der Waals surface area contributed by atoms with Gasteiger partial charge in [0.1, 0.15) is 0 Å². The molecule has 2 N–H and O–H groups in total. The minimum absolute atomic E-state index is 0.283. The van der Waals surface area contributed by atoms with Crippen molar-refractivity contribution in [2.75, 3.05) is 32.7 Å². The Hall–Kier alpha value is -0.610. The lowest BCUT2D eigenvalue weighted by molar-refractivity contribution is -0.133. The van der Waals surface area contributed by atoms with E-state index in [1.165, 1.54) is 0 Å². The average molecular weight is 255 g/mol. The highest BCUT2D eigenvalue weighted by Crippen LogP contribution is 2.17. The molecule has 0 spiro atoms. The number of hydrogen-bond acceptors (Lipinski definition) is 3. The number of carbonyl (C=O) groups is 1. The Bertz CT molecular complexity index is 245. The van der Waals surface area contributed by atoms with Gasteiger partial charge in [0.25, 0.3) is 0 Å². The second-order valence-electron chi connectivity index (χ2n) is 5.38. The van der Waals surface area contributed by atoms with E-state index in [4.69, 9.17) is 5.73 Å². The van der Waals surface area contributed by atoms with E-state index >= 15 is 0 Å². The monoisotopic (exact) mass is 255 g/mol. The van der Waals surface area contributed by atoms with E-state index in [0.29, 0.717) is 24.9 Å². The van der Waals surface area contributed by atoms with Gasteiger partial charge in [0, 0.05) is 25.6 Å². The van der Waals surface area contributed by atoms with E-state index in [2.05, 4.69) is 18.7 Å². The van der Waals surface area contributed by atoms with Crippen LogP contribution in [-0.2, 0) is 4.79 Å². The summed E-state index contributed by atoms with van der Waals surface area (Å²) in [5.74, 6) is 0.587. The van der Waals surface area contributed by atoms with Gasteiger partial charge in [-0.05, 0) is 38.4 Å². The van der Waals surface area contributed by atoms with Crippen molar-refractivity contribution in [1.29, 1.82) is 0 Å². The third-order valence-corrected chi connectivity index (χ3v) is 4.07. The maximum atomic E-state index is 12.0. The van der Waals surface area contributed by atoms with E-state index in [0.717, 1.165) is 39.0 Å². The molecule has 1 heterocycles. The Kier molecular flexibility index (Phi) is 6.65. The van der Waals surface area contributed by atoms with Crippen LogP contribution in [0.5, 0.6) is 0 Å². The number of amides is 1. The SMILES string of the molecule is CCN(CC)C1CCN(C(=O)CC(C)CN)CC1. The topological polar surface area (TPSA) is 49.6 Å². The third kappa shape index (κ3) is 4.25. The van der Waals surface area contributed by atoms with Crippen LogP contribution >= 0.6 is 0 Å². The second-order valence-corrected chi connectivity index (χ2v) is 5.38. The van der Waals surface area contributed by atoms with E-state index in [-0.39, 0.29) is 5.91 Å². The highest BCUT2D eigenvalue weighted by molar-refractivity contribution is 5.76. The Morgan fingerprint density at radius 2 is 1.89 bits per heavy atom. The third-order valence-electron chi connectivity index (χ3n) is 4.07. The van der Waals surface area contributed by atoms with E-state index in [1.54, 1.807) is 0 Å². The Balaban J connectivity index is 2.36. The molecule has 1 fully saturated rings. The van der Waals surface area contributed by atoms with Crippen LogP contribution < -0.4 is 5.73 Å². The van der Waals surface area contributed by atoms with Crippen LogP contribution in [0.2, 0.25) is 0 Å². The van der Waals surface area contributed by atoms with Crippen LogP contribution in [0.15, 0.2) is 0 Å². The zero-order valence-corrected chi connectivity index (χ0v) is 12.2. The normalized spacial score (nSPS) is 19.3. The highest BCUT2D eigenvalue weighted by Gasteiger charge is 2.25.